The quantitative estimate of drug-likeness (QED) is 0.878. The van der Waals surface area contributed by atoms with Crippen LogP contribution in [-0.4, -0.2) is 38.4 Å². The highest BCUT2D eigenvalue weighted by atomic mass is 16.5. The Morgan fingerprint density at radius 3 is 2.52 bits per heavy atom. The van der Waals surface area contributed by atoms with Gasteiger partial charge in [0.05, 0.1) is 38.9 Å². The van der Waals surface area contributed by atoms with Crippen molar-refractivity contribution < 1.29 is 14.7 Å². The number of para-hydroxylation sites is 1. The lowest BCUT2D eigenvalue weighted by molar-refractivity contribution is -0.914. The predicted octanol–water partition coefficient (Wildman–Crippen LogP) is 2.34. The van der Waals surface area contributed by atoms with Gasteiger partial charge in [0.15, 0.2) is 11.5 Å². The van der Waals surface area contributed by atoms with Gasteiger partial charge in [-0.15, -0.1) is 0 Å². The fourth-order valence-electron chi connectivity index (χ4n) is 3.43. The molecule has 1 aliphatic heterocycles. The second-order valence-electron chi connectivity index (χ2n) is 6.48. The molecule has 0 radical (unpaired) electrons. The number of quaternary nitrogens is 1. The van der Waals surface area contributed by atoms with E-state index in [0.717, 1.165) is 43.9 Å². The van der Waals surface area contributed by atoms with Crippen LogP contribution >= 0.6 is 0 Å². The molecule has 0 atom stereocenters. The first-order chi connectivity index (χ1) is 12.2. The van der Waals surface area contributed by atoms with Crippen LogP contribution in [0.1, 0.15) is 18.1 Å². The predicted molar refractivity (Wildman–Crippen MR) is 102 cm³/mol. The minimum Gasteiger partial charge on any atom is -0.504 e. The lowest BCUT2D eigenvalue weighted by atomic mass is 10.1. The molecule has 1 aliphatic rings. The van der Waals surface area contributed by atoms with Crippen molar-refractivity contribution in [3.05, 3.63) is 59.7 Å². The van der Waals surface area contributed by atoms with Crippen LogP contribution in [0.3, 0.4) is 0 Å². The van der Waals surface area contributed by atoms with E-state index in [1.54, 1.807) is 7.11 Å². The topological polar surface area (TPSA) is 37.1 Å². The van der Waals surface area contributed by atoms with Crippen molar-refractivity contribution >= 4 is 11.8 Å². The summed E-state index contributed by atoms with van der Waals surface area (Å²) in [5, 5.41) is 10.5. The molecule has 1 fully saturated rings. The number of phenolic OH excluding ortho intramolecular Hbond substituents is 1. The molecule has 0 amide bonds. The Morgan fingerprint density at radius 1 is 1.16 bits per heavy atom. The molecule has 0 spiro atoms. The Kier molecular flexibility index (Phi) is 5.61. The summed E-state index contributed by atoms with van der Waals surface area (Å²) in [5.41, 5.74) is 3.31. The first kappa shape index (κ1) is 17.4. The van der Waals surface area contributed by atoms with E-state index in [4.69, 9.17) is 4.74 Å². The van der Waals surface area contributed by atoms with Crippen molar-refractivity contribution in [2.75, 3.05) is 38.2 Å². The molecule has 1 saturated heterocycles. The summed E-state index contributed by atoms with van der Waals surface area (Å²) < 4.78 is 5.34. The smallest absolute Gasteiger partial charge is 0.166 e. The van der Waals surface area contributed by atoms with Gasteiger partial charge in [-0.25, -0.2) is 0 Å². The maximum absolute atomic E-state index is 10.5. The number of hydrogen-bond donors (Lipinski definition) is 2. The van der Waals surface area contributed by atoms with E-state index in [-0.39, 0.29) is 5.75 Å². The monoisotopic (exact) mass is 339 g/mol. The third-order valence-corrected chi connectivity index (χ3v) is 4.79. The number of ether oxygens (including phenoxy) is 1. The zero-order chi connectivity index (χ0) is 17.6. The van der Waals surface area contributed by atoms with E-state index in [2.05, 4.69) is 41.3 Å². The van der Waals surface area contributed by atoms with E-state index >= 15 is 0 Å². The number of piperazine rings is 1. The third-order valence-electron chi connectivity index (χ3n) is 4.79. The Hall–Kier alpha value is -2.46. The van der Waals surface area contributed by atoms with Gasteiger partial charge in [0, 0.05) is 5.69 Å². The fraction of sp³-hybridized carbons (Fsp3) is 0.333. The number of methoxy groups -OCH3 is 1. The molecule has 0 aromatic heterocycles. The fourth-order valence-corrected chi connectivity index (χ4v) is 3.43. The van der Waals surface area contributed by atoms with Gasteiger partial charge in [-0.2, -0.15) is 0 Å². The number of allylic oxidation sites excluding steroid dienone is 1. The molecule has 0 aliphatic carbocycles. The molecular weight excluding hydrogens is 312 g/mol. The maximum atomic E-state index is 10.5. The molecule has 4 heteroatoms. The van der Waals surface area contributed by atoms with Crippen molar-refractivity contribution in [2.45, 2.75) is 13.5 Å². The Bertz CT molecular complexity index is 720. The van der Waals surface area contributed by atoms with Crippen LogP contribution in [0.2, 0.25) is 0 Å². The largest absolute Gasteiger partial charge is 0.504 e. The molecule has 0 bridgehead atoms. The SMILES string of the molecule is CC=Cc1cc(C[NH+]2CCN(c3ccccc3)CC2)c(O)c(OC)c1. The van der Waals surface area contributed by atoms with Gasteiger partial charge in [-0.3, -0.25) is 0 Å². The van der Waals surface area contributed by atoms with Gasteiger partial charge < -0.3 is 19.6 Å². The highest BCUT2D eigenvalue weighted by Gasteiger charge is 2.22. The summed E-state index contributed by atoms with van der Waals surface area (Å²) in [6, 6.07) is 14.5. The third kappa shape index (κ3) is 4.15. The molecule has 0 saturated carbocycles. The highest BCUT2D eigenvalue weighted by molar-refractivity contribution is 5.58. The van der Waals surface area contributed by atoms with Crippen LogP contribution in [0.5, 0.6) is 11.5 Å². The summed E-state index contributed by atoms with van der Waals surface area (Å²) in [6.07, 6.45) is 4.04. The lowest BCUT2D eigenvalue weighted by Crippen LogP contribution is -3.13. The number of benzene rings is 2. The Morgan fingerprint density at radius 2 is 1.88 bits per heavy atom. The normalized spacial score (nSPS) is 15.7. The number of rotatable bonds is 5. The number of nitrogens with zero attached hydrogens (tertiary/aromatic N) is 1. The molecular formula is C21H27N2O2+. The summed E-state index contributed by atoms with van der Waals surface area (Å²) in [5.74, 6) is 0.821. The number of anilines is 1. The van der Waals surface area contributed by atoms with Crippen LogP contribution in [0, 0.1) is 0 Å². The van der Waals surface area contributed by atoms with E-state index < -0.39 is 0 Å². The zero-order valence-corrected chi connectivity index (χ0v) is 15.0. The maximum Gasteiger partial charge on any atom is 0.166 e. The molecule has 2 aromatic rings. The minimum atomic E-state index is 0.272. The van der Waals surface area contributed by atoms with Crippen LogP contribution in [0.4, 0.5) is 5.69 Å². The summed E-state index contributed by atoms with van der Waals surface area (Å²) in [7, 11) is 1.60. The molecule has 132 valence electrons. The molecule has 2 aromatic carbocycles. The highest BCUT2D eigenvalue weighted by Crippen LogP contribution is 2.31. The second-order valence-corrected chi connectivity index (χ2v) is 6.48. The first-order valence-corrected chi connectivity index (χ1v) is 8.87. The minimum absolute atomic E-state index is 0.272. The van der Waals surface area contributed by atoms with Crippen molar-refractivity contribution in [2.24, 2.45) is 0 Å². The van der Waals surface area contributed by atoms with Gasteiger partial charge in [0.25, 0.3) is 0 Å². The van der Waals surface area contributed by atoms with Crippen LogP contribution in [0.25, 0.3) is 6.08 Å². The molecule has 3 rings (SSSR count). The van der Waals surface area contributed by atoms with Crippen molar-refractivity contribution in [3.8, 4) is 11.5 Å². The Balaban J connectivity index is 1.68. The van der Waals surface area contributed by atoms with Crippen LogP contribution in [0.15, 0.2) is 48.5 Å². The van der Waals surface area contributed by atoms with Gasteiger partial charge in [-0.1, -0.05) is 30.4 Å². The molecule has 2 N–H and O–H groups in total. The van der Waals surface area contributed by atoms with Gasteiger partial charge in [0.1, 0.15) is 6.54 Å². The first-order valence-electron chi connectivity index (χ1n) is 8.87. The van der Waals surface area contributed by atoms with Crippen LogP contribution < -0.4 is 14.5 Å². The molecule has 1 heterocycles. The van der Waals surface area contributed by atoms with Crippen molar-refractivity contribution in [3.63, 3.8) is 0 Å². The summed E-state index contributed by atoms with van der Waals surface area (Å²) >= 11 is 0. The number of nitrogens with one attached hydrogen (secondary N) is 1. The number of hydrogen-bond acceptors (Lipinski definition) is 3. The Labute approximate surface area is 150 Å². The van der Waals surface area contributed by atoms with Crippen molar-refractivity contribution in [1.29, 1.82) is 0 Å². The van der Waals surface area contributed by atoms with E-state index in [0.29, 0.717) is 5.75 Å². The second kappa shape index (κ2) is 8.08. The number of aromatic hydroxyl groups is 1. The van der Waals surface area contributed by atoms with Gasteiger partial charge in [-0.05, 0) is 36.8 Å². The average molecular weight is 339 g/mol. The molecule has 4 nitrogen and oxygen atoms in total. The van der Waals surface area contributed by atoms with E-state index in [1.165, 1.54) is 10.6 Å². The van der Waals surface area contributed by atoms with E-state index in [1.807, 2.05) is 25.1 Å². The van der Waals surface area contributed by atoms with E-state index in [9.17, 15) is 5.11 Å². The number of phenols is 1. The summed E-state index contributed by atoms with van der Waals surface area (Å²) in [6.45, 7) is 7.00. The zero-order valence-electron chi connectivity index (χ0n) is 15.0. The van der Waals surface area contributed by atoms with Gasteiger partial charge in [0.2, 0.25) is 0 Å². The van der Waals surface area contributed by atoms with Gasteiger partial charge >= 0.3 is 0 Å². The molecule has 25 heavy (non-hydrogen) atoms. The lowest BCUT2D eigenvalue weighted by Gasteiger charge is -2.33. The average Bonchev–Trinajstić information content (AvgIpc) is 2.66. The standard InChI is InChI=1S/C21H26N2O2/c1-3-7-17-14-18(21(24)20(15-17)25-2)16-22-10-12-23(13-11-22)19-8-5-4-6-9-19/h3-9,14-15,24H,10-13,16H2,1-2H3/p+1. The van der Waals surface area contributed by atoms with Crippen molar-refractivity contribution in [1.82, 2.24) is 0 Å². The van der Waals surface area contributed by atoms with Crippen LogP contribution in [-0.2, 0) is 6.54 Å². The molecule has 0 unspecified atom stereocenters. The summed E-state index contributed by atoms with van der Waals surface area (Å²) in [4.78, 5) is 3.92.